The lowest BCUT2D eigenvalue weighted by Crippen LogP contribution is -2.20. The predicted molar refractivity (Wildman–Crippen MR) is 35.6 cm³/mol. The molecule has 1 atom stereocenters. The lowest BCUT2D eigenvalue weighted by Gasteiger charge is -2.19. The van der Waals surface area contributed by atoms with E-state index in [2.05, 4.69) is 31.9 Å². The smallest absolute Gasteiger partial charge is 0.0290 e. The van der Waals surface area contributed by atoms with Gasteiger partial charge in [-0.25, -0.2) is 0 Å². The highest BCUT2D eigenvalue weighted by Gasteiger charge is 2.13. The van der Waals surface area contributed by atoms with Crippen LogP contribution in [0.15, 0.2) is 11.8 Å². The summed E-state index contributed by atoms with van der Waals surface area (Å²) in [4.78, 5) is 2.31. The molecule has 0 saturated carbocycles. The first-order valence-corrected chi connectivity index (χ1v) is 3.11. The summed E-state index contributed by atoms with van der Waals surface area (Å²) in [7, 11) is 2.14. The molecule has 0 aromatic carbocycles. The van der Waals surface area contributed by atoms with Crippen LogP contribution in [-0.4, -0.2) is 18.0 Å². The van der Waals surface area contributed by atoms with Crippen LogP contribution in [0.2, 0.25) is 0 Å². The van der Waals surface area contributed by atoms with Gasteiger partial charge in [0, 0.05) is 18.8 Å². The van der Waals surface area contributed by atoms with Gasteiger partial charge >= 0.3 is 0 Å². The molecule has 0 aromatic rings. The highest BCUT2D eigenvalue weighted by atomic mass is 15.1. The number of rotatable bonds is 0. The van der Waals surface area contributed by atoms with Crippen LogP contribution in [-0.2, 0) is 0 Å². The molecule has 1 aliphatic heterocycles. The Labute approximate surface area is 51.0 Å². The molecule has 0 bridgehead atoms. The second kappa shape index (κ2) is 1.81. The first-order chi connectivity index (χ1) is 3.72. The van der Waals surface area contributed by atoms with Crippen LogP contribution in [0.4, 0.5) is 0 Å². The second-order valence-electron chi connectivity index (χ2n) is 2.54. The zero-order chi connectivity index (χ0) is 6.15. The fourth-order valence-corrected chi connectivity index (χ4v) is 0.991. The standard InChI is InChI=1S/C7H13N/c1-6-4-5-7(2)8(6)3/h4,7H,5H2,1-3H3. The van der Waals surface area contributed by atoms with Gasteiger partial charge in [0.05, 0.1) is 0 Å². The third kappa shape index (κ3) is 0.726. The van der Waals surface area contributed by atoms with Crippen LogP contribution in [0.5, 0.6) is 0 Å². The van der Waals surface area contributed by atoms with E-state index >= 15 is 0 Å². The fraction of sp³-hybridized carbons (Fsp3) is 0.714. The first-order valence-electron chi connectivity index (χ1n) is 3.11. The molecular weight excluding hydrogens is 98.1 g/mol. The van der Waals surface area contributed by atoms with Gasteiger partial charge < -0.3 is 4.90 Å². The number of allylic oxidation sites excluding steroid dienone is 1. The summed E-state index contributed by atoms with van der Waals surface area (Å²) < 4.78 is 0. The Morgan fingerprint density at radius 2 is 2.38 bits per heavy atom. The maximum Gasteiger partial charge on any atom is 0.0290 e. The van der Waals surface area contributed by atoms with Crippen LogP contribution < -0.4 is 0 Å². The molecule has 0 saturated heterocycles. The van der Waals surface area contributed by atoms with E-state index in [4.69, 9.17) is 0 Å². The average Bonchev–Trinajstić information content (AvgIpc) is 1.98. The molecule has 0 amide bonds. The van der Waals surface area contributed by atoms with Crippen molar-refractivity contribution in [3.8, 4) is 0 Å². The fourth-order valence-electron chi connectivity index (χ4n) is 0.991. The summed E-state index contributed by atoms with van der Waals surface area (Å²) in [6.07, 6.45) is 3.51. The molecule has 0 fully saturated rings. The summed E-state index contributed by atoms with van der Waals surface area (Å²) in [5.41, 5.74) is 1.41. The number of nitrogens with zero attached hydrogens (tertiary/aromatic N) is 1. The van der Waals surface area contributed by atoms with Crippen LogP contribution in [0, 0.1) is 0 Å². The number of hydrogen-bond acceptors (Lipinski definition) is 1. The average molecular weight is 111 g/mol. The van der Waals surface area contributed by atoms with Crippen molar-refractivity contribution in [3.63, 3.8) is 0 Å². The van der Waals surface area contributed by atoms with Gasteiger partial charge in [0.25, 0.3) is 0 Å². The molecule has 46 valence electrons. The maximum absolute atomic E-state index is 2.31. The molecule has 1 heterocycles. The zero-order valence-corrected chi connectivity index (χ0v) is 5.81. The molecule has 1 aliphatic rings. The Kier molecular flexibility index (Phi) is 1.28. The van der Waals surface area contributed by atoms with E-state index in [0.29, 0.717) is 0 Å². The predicted octanol–water partition coefficient (Wildman–Crippen LogP) is 1.61. The third-order valence-electron chi connectivity index (χ3n) is 1.97. The van der Waals surface area contributed by atoms with Gasteiger partial charge in [-0.05, 0) is 20.3 Å². The van der Waals surface area contributed by atoms with Gasteiger partial charge in [-0.1, -0.05) is 6.08 Å². The molecule has 0 N–H and O–H groups in total. The van der Waals surface area contributed by atoms with Crippen LogP contribution in [0.25, 0.3) is 0 Å². The first kappa shape index (κ1) is 5.67. The van der Waals surface area contributed by atoms with Crippen molar-refractivity contribution in [2.75, 3.05) is 7.05 Å². The zero-order valence-electron chi connectivity index (χ0n) is 5.81. The minimum absolute atomic E-state index is 0.731. The van der Waals surface area contributed by atoms with Crippen molar-refractivity contribution in [2.24, 2.45) is 0 Å². The third-order valence-corrected chi connectivity index (χ3v) is 1.97. The molecule has 8 heavy (non-hydrogen) atoms. The van der Waals surface area contributed by atoms with E-state index < -0.39 is 0 Å². The van der Waals surface area contributed by atoms with Gasteiger partial charge in [0.2, 0.25) is 0 Å². The molecule has 1 rings (SSSR count). The van der Waals surface area contributed by atoms with Crippen molar-refractivity contribution in [1.82, 2.24) is 4.90 Å². The molecule has 1 nitrogen and oxygen atoms in total. The van der Waals surface area contributed by atoms with E-state index in [1.807, 2.05) is 0 Å². The Hall–Kier alpha value is -0.460. The molecule has 0 aliphatic carbocycles. The monoisotopic (exact) mass is 111 g/mol. The summed E-state index contributed by atoms with van der Waals surface area (Å²) in [6.45, 7) is 4.40. The van der Waals surface area contributed by atoms with Gasteiger partial charge in [0.15, 0.2) is 0 Å². The van der Waals surface area contributed by atoms with Crippen LogP contribution in [0.3, 0.4) is 0 Å². The Morgan fingerprint density at radius 3 is 2.50 bits per heavy atom. The lowest BCUT2D eigenvalue weighted by atomic mass is 10.3. The van der Waals surface area contributed by atoms with E-state index in [1.54, 1.807) is 0 Å². The normalized spacial score (nSPS) is 28.6. The van der Waals surface area contributed by atoms with Crippen LogP contribution >= 0.6 is 0 Å². The molecule has 0 aromatic heterocycles. The van der Waals surface area contributed by atoms with Gasteiger partial charge in [0.1, 0.15) is 0 Å². The maximum atomic E-state index is 2.31. The molecule has 1 unspecified atom stereocenters. The van der Waals surface area contributed by atoms with Crippen molar-refractivity contribution in [1.29, 1.82) is 0 Å². The molecule has 0 spiro atoms. The lowest BCUT2D eigenvalue weighted by molar-refractivity contribution is 0.357. The second-order valence-corrected chi connectivity index (χ2v) is 2.54. The van der Waals surface area contributed by atoms with Gasteiger partial charge in [-0.2, -0.15) is 0 Å². The summed E-state index contributed by atoms with van der Waals surface area (Å²) >= 11 is 0. The Balaban J connectivity index is 2.59. The Morgan fingerprint density at radius 1 is 1.75 bits per heavy atom. The van der Waals surface area contributed by atoms with E-state index in [0.717, 1.165) is 6.04 Å². The summed E-state index contributed by atoms with van der Waals surface area (Å²) in [5, 5.41) is 0. The Bertz CT molecular complexity index is 116. The molecule has 1 heteroatoms. The van der Waals surface area contributed by atoms with Crippen molar-refractivity contribution >= 4 is 0 Å². The van der Waals surface area contributed by atoms with Crippen molar-refractivity contribution < 1.29 is 0 Å². The minimum Gasteiger partial charge on any atom is -0.375 e. The van der Waals surface area contributed by atoms with Gasteiger partial charge in [-0.3, -0.25) is 0 Å². The minimum atomic E-state index is 0.731. The quantitative estimate of drug-likeness (QED) is 0.459. The largest absolute Gasteiger partial charge is 0.375 e. The van der Waals surface area contributed by atoms with E-state index in [9.17, 15) is 0 Å². The van der Waals surface area contributed by atoms with E-state index in [1.165, 1.54) is 12.1 Å². The summed E-state index contributed by atoms with van der Waals surface area (Å²) in [5.74, 6) is 0. The van der Waals surface area contributed by atoms with E-state index in [-0.39, 0.29) is 0 Å². The highest BCUT2D eigenvalue weighted by molar-refractivity contribution is 5.05. The topological polar surface area (TPSA) is 3.24 Å². The van der Waals surface area contributed by atoms with Gasteiger partial charge in [-0.15, -0.1) is 0 Å². The van der Waals surface area contributed by atoms with Crippen molar-refractivity contribution in [3.05, 3.63) is 11.8 Å². The molecule has 0 radical (unpaired) electrons. The van der Waals surface area contributed by atoms with Crippen molar-refractivity contribution in [2.45, 2.75) is 26.3 Å². The molecular formula is C7H13N. The highest BCUT2D eigenvalue weighted by Crippen LogP contribution is 2.17. The van der Waals surface area contributed by atoms with Crippen LogP contribution in [0.1, 0.15) is 20.3 Å². The number of hydrogen-bond donors (Lipinski definition) is 0. The summed E-state index contributed by atoms with van der Waals surface area (Å²) in [6, 6.07) is 0.731. The SMILES string of the molecule is CC1=CCC(C)N1C.